The molecule has 1 fully saturated rings. The highest BCUT2D eigenvalue weighted by atomic mass is 32.2. The summed E-state index contributed by atoms with van der Waals surface area (Å²) in [7, 11) is -0.682. The molecule has 0 heterocycles. The highest BCUT2D eigenvalue weighted by Crippen LogP contribution is 2.32. The molecule has 0 spiro atoms. The number of hydrogen-bond acceptors (Lipinski definition) is 2. The van der Waals surface area contributed by atoms with Crippen molar-refractivity contribution in [3.05, 3.63) is 0 Å². The van der Waals surface area contributed by atoms with Gasteiger partial charge in [-0.25, -0.2) is 0 Å². The third-order valence-corrected chi connectivity index (χ3v) is 6.06. The van der Waals surface area contributed by atoms with Crippen molar-refractivity contribution in [1.82, 2.24) is 0 Å². The maximum absolute atomic E-state index is 12.3. The van der Waals surface area contributed by atoms with Crippen molar-refractivity contribution in [2.45, 2.75) is 57.0 Å². The molecule has 1 rings (SSSR count). The average molecular weight is 231 g/mol. The van der Waals surface area contributed by atoms with E-state index >= 15 is 0 Å². The van der Waals surface area contributed by atoms with Gasteiger partial charge < -0.3 is 5.73 Å². The van der Waals surface area contributed by atoms with Crippen LogP contribution >= 0.6 is 0 Å². The van der Waals surface area contributed by atoms with Crippen LogP contribution in [0, 0.1) is 11.8 Å². The SMILES string of the molecule is CCC(C)S(=O)C1CC(C)CCC1CN. The molecule has 0 aromatic rings. The van der Waals surface area contributed by atoms with Gasteiger partial charge in [0.25, 0.3) is 0 Å². The van der Waals surface area contributed by atoms with Gasteiger partial charge in [0.2, 0.25) is 0 Å². The smallest absolute Gasteiger partial charge is 0.0393 e. The van der Waals surface area contributed by atoms with E-state index in [0.717, 1.165) is 18.8 Å². The molecule has 1 aliphatic carbocycles. The van der Waals surface area contributed by atoms with Crippen LogP contribution in [0.25, 0.3) is 0 Å². The van der Waals surface area contributed by atoms with Crippen LogP contribution in [0.15, 0.2) is 0 Å². The molecule has 2 N–H and O–H groups in total. The first-order valence-corrected chi connectivity index (χ1v) is 7.47. The van der Waals surface area contributed by atoms with Gasteiger partial charge in [-0.1, -0.05) is 27.2 Å². The van der Waals surface area contributed by atoms with Crippen LogP contribution in [0.4, 0.5) is 0 Å². The summed E-state index contributed by atoms with van der Waals surface area (Å²) in [5.74, 6) is 1.22. The van der Waals surface area contributed by atoms with E-state index in [1.165, 1.54) is 12.8 Å². The summed E-state index contributed by atoms with van der Waals surface area (Å²) in [6, 6.07) is 0. The van der Waals surface area contributed by atoms with E-state index in [1.54, 1.807) is 0 Å². The minimum absolute atomic E-state index is 0.328. The Labute approximate surface area is 96.5 Å². The molecule has 0 aromatic carbocycles. The first-order chi connectivity index (χ1) is 7.10. The van der Waals surface area contributed by atoms with Crippen molar-refractivity contribution in [3.8, 4) is 0 Å². The highest BCUT2D eigenvalue weighted by molar-refractivity contribution is 7.86. The Kier molecular flexibility index (Phi) is 5.27. The third-order valence-electron chi connectivity index (χ3n) is 3.76. The molecule has 0 amide bonds. The summed E-state index contributed by atoms with van der Waals surface area (Å²) in [4.78, 5) is 0. The van der Waals surface area contributed by atoms with Crippen molar-refractivity contribution in [3.63, 3.8) is 0 Å². The second kappa shape index (κ2) is 6.00. The van der Waals surface area contributed by atoms with Crippen LogP contribution < -0.4 is 5.73 Å². The van der Waals surface area contributed by atoms with Crippen molar-refractivity contribution >= 4 is 10.8 Å². The standard InChI is InChI=1S/C12H25NOS/c1-4-10(3)15(14)12-7-9(2)5-6-11(12)8-13/h9-12H,4-8,13H2,1-3H3. The minimum Gasteiger partial charge on any atom is -0.330 e. The topological polar surface area (TPSA) is 43.1 Å². The Morgan fingerprint density at radius 3 is 2.67 bits per heavy atom. The van der Waals surface area contributed by atoms with Crippen LogP contribution in [-0.2, 0) is 10.8 Å². The summed E-state index contributed by atoms with van der Waals surface area (Å²) in [5.41, 5.74) is 5.78. The van der Waals surface area contributed by atoms with E-state index < -0.39 is 10.8 Å². The first-order valence-electron chi connectivity index (χ1n) is 6.19. The zero-order valence-corrected chi connectivity index (χ0v) is 11.1. The zero-order valence-electron chi connectivity index (χ0n) is 10.2. The van der Waals surface area contributed by atoms with Gasteiger partial charge in [-0.05, 0) is 37.6 Å². The molecule has 0 radical (unpaired) electrons. The summed E-state index contributed by atoms with van der Waals surface area (Å²) >= 11 is 0. The lowest BCUT2D eigenvalue weighted by molar-refractivity contribution is 0.301. The Morgan fingerprint density at radius 2 is 2.13 bits per heavy atom. The Bertz CT molecular complexity index is 220. The summed E-state index contributed by atoms with van der Waals surface area (Å²) in [6.07, 6.45) is 4.55. The van der Waals surface area contributed by atoms with Crippen LogP contribution in [0.2, 0.25) is 0 Å². The van der Waals surface area contributed by atoms with Crippen molar-refractivity contribution in [2.24, 2.45) is 17.6 Å². The molecule has 0 bridgehead atoms. The molecule has 2 nitrogen and oxygen atoms in total. The number of nitrogens with two attached hydrogens (primary N) is 1. The number of hydrogen-bond donors (Lipinski definition) is 1. The average Bonchev–Trinajstić information content (AvgIpc) is 2.27. The predicted octanol–water partition coefficient (Wildman–Crippen LogP) is 2.30. The molecule has 1 aliphatic rings. The molecule has 90 valence electrons. The molecule has 15 heavy (non-hydrogen) atoms. The second-order valence-electron chi connectivity index (χ2n) is 5.00. The largest absolute Gasteiger partial charge is 0.330 e. The van der Waals surface area contributed by atoms with Gasteiger partial charge in [0.15, 0.2) is 0 Å². The van der Waals surface area contributed by atoms with Gasteiger partial charge in [-0.2, -0.15) is 0 Å². The van der Waals surface area contributed by atoms with Gasteiger partial charge in [0, 0.05) is 21.3 Å². The minimum atomic E-state index is -0.682. The first kappa shape index (κ1) is 13.2. The quantitative estimate of drug-likeness (QED) is 0.807. The van der Waals surface area contributed by atoms with E-state index in [4.69, 9.17) is 5.73 Å². The highest BCUT2D eigenvalue weighted by Gasteiger charge is 2.33. The van der Waals surface area contributed by atoms with Gasteiger partial charge in [0.1, 0.15) is 0 Å². The third kappa shape index (κ3) is 3.28. The monoisotopic (exact) mass is 231 g/mol. The Balaban J connectivity index is 2.66. The van der Waals surface area contributed by atoms with Crippen molar-refractivity contribution in [2.75, 3.05) is 6.54 Å². The molecular weight excluding hydrogens is 206 g/mol. The van der Waals surface area contributed by atoms with Gasteiger partial charge in [-0.3, -0.25) is 4.21 Å². The predicted molar refractivity (Wildman–Crippen MR) is 67.2 cm³/mol. The fourth-order valence-electron chi connectivity index (χ4n) is 2.41. The summed E-state index contributed by atoms with van der Waals surface area (Å²) in [6.45, 7) is 7.20. The molecule has 0 saturated heterocycles. The van der Waals surface area contributed by atoms with Gasteiger partial charge in [-0.15, -0.1) is 0 Å². The zero-order chi connectivity index (χ0) is 11.4. The molecule has 5 unspecified atom stereocenters. The molecule has 5 atom stereocenters. The Morgan fingerprint density at radius 1 is 1.47 bits per heavy atom. The molecule has 0 aliphatic heterocycles. The van der Waals surface area contributed by atoms with Crippen molar-refractivity contribution in [1.29, 1.82) is 0 Å². The molecular formula is C12H25NOS. The van der Waals surface area contributed by atoms with Gasteiger partial charge >= 0.3 is 0 Å². The Hall–Kier alpha value is 0.110. The lowest BCUT2D eigenvalue weighted by Crippen LogP contribution is -2.39. The van der Waals surface area contributed by atoms with E-state index in [1.807, 2.05) is 0 Å². The van der Waals surface area contributed by atoms with E-state index in [9.17, 15) is 4.21 Å². The van der Waals surface area contributed by atoms with E-state index in [-0.39, 0.29) is 0 Å². The number of rotatable bonds is 4. The van der Waals surface area contributed by atoms with Crippen LogP contribution in [0.1, 0.15) is 46.5 Å². The molecule has 3 heteroatoms. The van der Waals surface area contributed by atoms with Gasteiger partial charge in [0.05, 0.1) is 0 Å². The van der Waals surface area contributed by atoms with E-state index in [2.05, 4.69) is 20.8 Å². The molecule has 0 aromatic heterocycles. The summed E-state index contributed by atoms with van der Waals surface area (Å²) < 4.78 is 12.3. The fraction of sp³-hybridized carbons (Fsp3) is 1.00. The maximum atomic E-state index is 12.3. The van der Waals surface area contributed by atoms with Crippen molar-refractivity contribution < 1.29 is 4.21 Å². The van der Waals surface area contributed by atoms with Crippen LogP contribution in [0.5, 0.6) is 0 Å². The lowest BCUT2D eigenvalue weighted by Gasteiger charge is -2.34. The lowest BCUT2D eigenvalue weighted by atomic mass is 9.82. The van der Waals surface area contributed by atoms with Crippen LogP contribution in [-0.4, -0.2) is 21.3 Å². The van der Waals surface area contributed by atoms with Crippen LogP contribution in [0.3, 0.4) is 0 Å². The second-order valence-corrected chi connectivity index (χ2v) is 7.07. The molecule has 1 saturated carbocycles. The fourth-order valence-corrected chi connectivity index (χ4v) is 4.48. The van der Waals surface area contributed by atoms with E-state index in [0.29, 0.717) is 23.0 Å². The maximum Gasteiger partial charge on any atom is 0.0393 e. The summed E-state index contributed by atoms with van der Waals surface area (Å²) in [5, 5.41) is 0.683. The normalized spacial score (nSPS) is 36.1.